The summed E-state index contributed by atoms with van der Waals surface area (Å²) in [6.45, 7) is 24.5. The lowest BCUT2D eigenvalue weighted by Crippen LogP contribution is -2.50. The van der Waals surface area contributed by atoms with Crippen molar-refractivity contribution >= 4 is 35.9 Å². The van der Waals surface area contributed by atoms with Gasteiger partial charge in [0.2, 0.25) is 7.37 Å². The minimum Gasteiger partial charge on any atom is -0.518 e. The van der Waals surface area contributed by atoms with Gasteiger partial charge in [0.05, 0.1) is 0 Å². The summed E-state index contributed by atoms with van der Waals surface area (Å²) in [6, 6.07) is 0. The zero-order valence-electron chi connectivity index (χ0n) is 21.8. The van der Waals surface area contributed by atoms with Crippen LogP contribution in [-0.2, 0) is 23.0 Å². The summed E-state index contributed by atoms with van der Waals surface area (Å²) < 4.78 is 24.8. The van der Waals surface area contributed by atoms with Gasteiger partial charge in [-0.3, -0.25) is 14.2 Å². The Morgan fingerprint density at radius 1 is 0.613 bits per heavy atom. The fraction of sp³-hybridized carbons (Fsp3) is 0.909. The first kappa shape index (κ1) is 30.6. The Labute approximate surface area is 192 Å². The zero-order chi connectivity index (χ0) is 24.9. The molecule has 0 saturated heterocycles. The Kier molecular flexibility index (Phi) is 11.5. The fourth-order valence-corrected chi connectivity index (χ4v) is 17.3. The van der Waals surface area contributed by atoms with Crippen molar-refractivity contribution in [3.63, 3.8) is 0 Å². The van der Waals surface area contributed by atoms with Crippen LogP contribution in [0.25, 0.3) is 0 Å². The minimum atomic E-state index is -4.06. The maximum absolute atomic E-state index is 12.8. The molecule has 0 aliphatic rings. The number of carbonyl (C=O) groups excluding carboxylic acids is 2. The van der Waals surface area contributed by atoms with Gasteiger partial charge in [0.1, 0.15) is 12.3 Å². The van der Waals surface area contributed by atoms with Crippen LogP contribution in [0.5, 0.6) is 0 Å². The van der Waals surface area contributed by atoms with Crippen LogP contribution in [0.2, 0.25) is 33.2 Å². The number of hydrogen-bond donors (Lipinski definition) is 1. The molecule has 0 bridgehead atoms. The van der Waals surface area contributed by atoms with E-state index in [2.05, 4.69) is 0 Å². The topological polar surface area (TPSA) is 89.9 Å². The van der Waals surface area contributed by atoms with Crippen molar-refractivity contribution in [1.82, 2.24) is 0 Å². The van der Waals surface area contributed by atoms with Crippen molar-refractivity contribution in [2.75, 3.05) is 12.3 Å². The first-order chi connectivity index (χ1) is 13.9. The van der Waals surface area contributed by atoms with E-state index in [1.165, 1.54) is 0 Å². The number of hydrogen-bond acceptors (Lipinski definition) is 5. The molecule has 0 rings (SSSR count). The molecule has 0 saturated carbocycles. The third-order valence-electron chi connectivity index (χ3n) is 6.75. The molecule has 0 aliphatic heterocycles. The normalized spacial score (nSPS) is 13.8. The van der Waals surface area contributed by atoms with E-state index in [-0.39, 0.29) is 33.2 Å². The van der Waals surface area contributed by atoms with Crippen molar-refractivity contribution in [2.45, 2.75) is 116 Å². The predicted molar refractivity (Wildman–Crippen MR) is 134 cm³/mol. The second-order valence-electron chi connectivity index (χ2n) is 10.7. The Morgan fingerprint density at radius 2 is 0.806 bits per heavy atom. The Bertz CT molecular complexity index is 563. The molecule has 31 heavy (non-hydrogen) atoms. The van der Waals surface area contributed by atoms with Gasteiger partial charge in [0.15, 0.2) is 0 Å². The molecule has 0 aromatic heterocycles. The van der Waals surface area contributed by atoms with E-state index < -0.39 is 48.3 Å². The maximum atomic E-state index is 12.8. The van der Waals surface area contributed by atoms with E-state index in [4.69, 9.17) is 8.85 Å². The van der Waals surface area contributed by atoms with Gasteiger partial charge in [-0.15, -0.1) is 0 Å². The Morgan fingerprint density at radius 3 is 0.968 bits per heavy atom. The average molecular weight is 495 g/mol. The summed E-state index contributed by atoms with van der Waals surface area (Å²) in [5.41, 5.74) is 1.05. The van der Waals surface area contributed by atoms with Crippen molar-refractivity contribution < 1.29 is 27.9 Å². The molecule has 0 radical (unpaired) electrons. The van der Waals surface area contributed by atoms with E-state index in [0.717, 1.165) is 0 Å². The minimum absolute atomic E-state index is 0.175. The molecule has 0 atom stereocenters. The van der Waals surface area contributed by atoms with Gasteiger partial charge in [0.25, 0.3) is 16.6 Å². The highest BCUT2D eigenvalue weighted by Gasteiger charge is 2.50. The highest BCUT2D eigenvalue weighted by atomic mass is 31.2. The number of rotatable bonds is 12. The largest absolute Gasteiger partial charge is 0.518 e. The highest BCUT2D eigenvalue weighted by Crippen LogP contribution is 2.47. The molecule has 0 aliphatic carbocycles. The fourth-order valence-electron chi connectivity index (χ4n) is 5.63. The molecule has 1 N–H and O–H groups in total. The summed E-state index contributed by atoms with van der Waals surface area (Å²) >= 11 is 0. The van der Waals surface area contributed by atoms with Crippen molar-refractivity contribution in [2.24, 2.45) is 0 Å². The maximum Gasteiger partial charge on any atom is 0.302 e. The molecule has 0 fully saturated rings. The predicted octanol–water partition coefficient (Wildman–Crippen LogP) is 6.69. The van der Waals surface area contributed by atoms with Crippen LogP contribution >= 0.6 is 7.37 Å². The molecule has 0 spiro atoms. The van der Waals surface area contributed by atoms with E-state index in [9.17, 15) is 19.0 Å². The molecule has 9 heteroatoms. The zero-order valence-corrected chi connectivity index (χ0v) is 24.7. The van der Waals surface area contributed by atoms with Gasteiger partial charge in [-0.25, -0.2) is 0 Å². The SMILES string of the molecule is CC(C)[Si](OC(=O)CP(=O)(O)CC(=O)O[Si](C(C)C)(C(C)C)C(C)C)(C(C)C)C(C)C. The van der Waals surface area contributed by atoms with Crippen LogP contribution < -0.4 is 0 Å². The lowest BCUT2D eigenvalue weighted by Gasteiger charge is -2.41. The molecule has 0 amide bonds. The van der Waals surface area contributed by atoms with Gasteiger partial charge in [-0.1, -0.05) is 83.1 Å². The molecular weight excluding hydrogens is 447 g/mol. The van der Waals surface area contributed by atoms with Gasteiger partial charge < -0.3 is 13.7 Å². The molecule has 0 aromatic carbocycles. The van der Waals surface area contributed by atoms with Crippen LogP contribution in [0.15, 0.2) is 0 Å². The van der Waals surface area contributed by atoms with Crippen LogP contribution in [0.4, 0.5) is 0 Å². The lowest BCUT2D eigenvalue weighted by atomic mass is 10.5. The molecule has 0 unspecified atom stereocenters. The molecule has 6 nitrogen and oxygen atoms in total. The molecule has 0 aromatic rings. The summed E-state index contributed by atoms with van der Waals surface area (Å²) in [6.07, 6.45) is -1.30. The molecular formula is C22H47O6PSi2. The standard InChI is InChI=1S/C22H47O6PSi2/c1-15(2)30(16(3)4,17(5)6)27-21(23)13-29(25,26)14-22(24)28-31(18(7)8,19(9)10)20(11)12/h15-20H,13-14H2,1-12H3,(H,25,26). The van der Waals surface area contributed by atoms with Gasteiger partial charge in [0, 0.05) is 0 Å². The van der Waals surface area contributed by atoms with Crippen molar-refractivity contribution in [1.29, 1.82) is 0 Å². The summed E-state index contributed by atoms with van der Waals surface area (Å²) in [4.78, 5) is 35.9. The third-order valence-corrected chi connectivity index (χ3v) is 20.2. The summed E-state index contributed by atoms with van der Waals surface area (Å²) in [5.74, 6) is -1.36. The van der Waals surface area contributed by atoms with E-state index in [1.54, 1.807) is 0 Å². The average Bonchev–Trinajstić information content (AvgIpc) is 2.54. The van der Waals surface area contributed by atoms with E-state index in [0.29, 0.717) is 0 Å². The Balaban J connectivity index is 5.49. The van der Waals surface area contributed by atoms with Crippen LogP contribution in [0.1, 0.15) is 83.1 Å². The molecule has 184 valence electrons. The van der Waals surface area contributed by atoms with Crippen molar-refractivity contribution in [3.8, 4) is 0 Å². The quantitative estimate of drug-likeness (QED) is 0.240. The van der Waals surface area contributed by atoms with Crippen LogP contribution in [0, 0.1) is 0 Å². The molecule has 0 heterocycles. The first-order valence-electron chi connectivity index (χ1n) is 11.6. The highest BCUT2D eigenvalue weighted by molar-refractivity contribution is 7.59. The monoisotopic (exact) mass is 494 g/mol. The number of carbonyl (C=O) groups is 2. The van der Waals surface area contributed by atoms with Gasteiger partial charge in [-0.05, 0) is 33.2 Å². The lowest BCUT2D eigenvalue weighted by molar-refractivity contribution is -0.133. The smallest absolute Gasteiger partial charge is 0.302 e. The van der Waals surface area contributed by atoms with Gasteiger partial charge in [-0.2, -0.15) is 0 Å². The van der Waals surface area contributed by atoms with Crippen LogP contribution in [0.3, 0.4) is 0 Å². The first-order valence-corrected chi connectivity index (χ1v) is 17.9. The van der Waals surface area contributed by atoms with Crippen molar-refractivity contribution in [3.05, 3.63) is 0 Å². The summed E-state index contributed by atoms with van der Waals surface area (Å²) in [5, 5.41) is 0. The third kappa shape index (κ3) is 7.28. The Hall–Kier alpha value is -0.436. The second-order valence-corrected chi connectivity index (χ2v) is 23.8. The summed E-state index contributed by atoms with van der Waals surface area (Å²) in [7, 11) is -9.07. The van der Waals surface area contributed by atoms with E-state index in [1.807, 2.05) is 83.1 Å². The van der Waals surface area contributed by atoms with Crippen LogP contribution in [-0.4, -0.2) is 45.8 Å². The second kappa shape index (κ2) is 11.6. The van der Waals surface area contributed by atoms with E-state index >= 15 is 0 Å². The van der Waals surface area contributed by atoms with Gasteiger partial charge >= 0.3 is 11.9 Å².